The maximum Gasteiger partial charge on any atom is 0.0632 e. The van der Waals surface area contributed by atoms with E-state index < -0.39 is 0 Å². The molecule has 2 nitrogen and oxygen atoms in total. The highest BCUT2D eigenvalue weighted by molar-refractivity contribution is 5.71. The Balaban J connectivity index is 2.34. The summed E-state index contributed by atoms with van der Waals surface area (Å²) in [6, 6.07) is 6.90. The van der Waals surface area contributed by atoms with Gasteiger partial charge in [-0.3, -0.25) is 0 Å². The van der Waals surface area contributed by atoms with Crippen molar-refractivity contribution in [1.29, 1.82) is 0 Å². The van der Waals surface area contributed by atoms with Crippen LogP contribution in [0.25, 0.3) is 0 Å². The lowest BCUT2D eigenvalue weighted by molar-refractivity contribution is 0.450. The van der Waals surface area contributed by atoms with E-state index in [0.29, 0.717) is 6.04 Å². The number of nitrogens with two attached hydrogens (primary N) is 1. The molecule has 2 heteroatoms. The molecule has 1 heterocycles. The van der Waals surface area contributed by atoms with Crippen LogP contribution in [0.3, 0.4) is 0 Å². The standard InChI is InChI=1S/C14H22N2/c1-3-12-8-4-5-10-16(12)14-11(2)7-6-9-13(14)15/h6-7,9,12H,3-5,8,10,15H2,1-2H3. The number of benzene rings is 1. The molecule has 0 aromatic heterocycles. The number of rotatable bonds is 2. The Kier molecular flexibility index (Phi) is 3.37. The van der Waals surface area contributed by atoms with Gasteiger partial charge in [-0.2, -0.15) is 0 Å². The largest absolute Gasteiger partial charge is 0.397 e. The van der Waals surface area contributed by atoms with Crippen molar-refractivity contribution in [3.63, 3.8) is 0 Å². The first kappa shape index (κ1) is 11.3. The van der Waals surface area contributed by atoms with Crippen molar-refractivity contribution in [3.8, 4) is 0 Å². The molecule has 0 spiro atoms. The van der Waals surface area contributed by atoms with Crippen LogP contribution in [-0.2, 0) is 0 Å². The smallest absolute Gasteiger partial charge is 0.0632 e. The lowest BCUT2D eigenvalue weighted by Gasteiger charge is -2.38. The third-order valence-electron chi connectivity index (χ3n) is 3.65. The van der Waals surface area contributed by atoms with Crippen molar-refractivity contribution in [2.24, 2.45) is 0 Å². The Hall–Kier alpha value is -1.18. The molecule has 1 aliphatic heterocycles. The van der Waals surface area contributed by atoms with E-state index in [-0.39, 0.29) is 0 Å². The van der Waals surface area contributed by atoms with E-state index in [1.54, 1.807) is 0 Å². The third kappa shape index (κ3) is 2.01. The number of aryl methyl sites for hydroxylation is 1. The van der Waals surface area contributed by atoms with Gasteiger partial charge in [0.1, 0.15) is 0 Å². The van der Waals surface area contributed by atoms with Crippen LogP contribution in [0.1, 0.15) is 38.2 Å². The van der Waals surface area contributed by atoms with Gasteiger partial charge >= 0.3 is 0 Å². The minimum absolute atomic E-state index is 0.678. The molecule has 0 saturated carbocycles. The van der Waals surface area contributed by atoms with Crippen LogP contribution < -0.4 is 10.6 Å². The molecule has 1 unspecified atom stereocenters. The molecule has 1 fully saturated rings. The summed E-state index contributed by atoms with van der Waals surface area (Å²) in [6.45, 7) is 5.60. The first-order chi connectivity index (χ1) is 7.74. The van der Waals surface area contributed by atoms with Gasteiger partial charge in [0, 0.05) is 12.6 Å². The van der Waals surface area contributed by atoms with E-state index in [0.717, 1.165) is 12.2 Å². The number of piperidine rings is 1. The van der Waals surface area contributed by atoms with Crippen LogP contribution in [0.2, 0.25) is 0 Å². The molecule has 16 heavy (non-hydrogen) atoms. The van der Waals surface area contributed by atoms with Gasteiger partial charge in [-0.25, -0.2) is 0 Å². The Bertz CT molecular complexity index is 340. The highest BCUT2D eigenvalue weighted by atomic mass is 15.2. The number of para-hydroxylation sites is 1. The van der Waals surface area contributed by atoms with Crippen molar-refractivity contribution in [3.05, 3.63) is 23.8 Å². The molecule has 88 valence electrons. The topological polar surface area (TPSA) is 29.3 Å². The minimum Gasteiger partial charge on any atom is -0.397 e. The Morgan fingerprint density at radius 1 is 1.38 bits per heavy atom. The van der Waals surface area contributed by atoms with Crippen LogP contribution in [0.15, 0.2) is 18.2 Å². The van der Waals surface area contributed by atoms with Crippen molar-refractivity contribution < 1.29 is 0 Å². The Labute approximate surface area is 98.4 Å². The van der Waals surface area contributed by atoms with Gasteiger partial charge in [0.2, 0.25) is 0 Å². The van der Waals surface area contributed by atoms with E-state index >= 15 is 0 Å². The second kappa shape index (κ2) is 4.77. The SMILES string of the molecule is CCC1CCCCN1c1c(C)cccc1N. The molecule has 1 aromatic carbocycles. The highest BCUT2D eigenvalue weighted by Crippen LogP contribution is 2.33. The molecule has 0 amide bonds. The van der Waals surface area contributed by atoms with Gasteiger partial charge in [-0.15, -0.1) is 0 Å². The summed E-state index contributed by atoms with van der Waals surface area (Å²) in [5, 5.41) is 0. The summed E-state index contributed by atoms with van der Waals surface area (Å²) in [6.07, 6.45) is 5.18. The zero-order valence-corrected chi connectivity index (χ0v) is 10.4. The zero-order valence-electron chi connectivity index (χ0n) is 10.4. The summed E-state index contributed by atoms with van der Waals surface area (Å²) in [4.78, 5) is 2.52. The molecule has 2 N–H and O–H groups in total. The Morgan fingerprint density at radius 2 is 2.19 bits per heavy atom. The lowest BCUT2D eigenvalue weighted by Crippen LogP contribution is -2.39. The van der Waals surface area contributed by atoms with Crippen molar-refractivity contribution in [1.82, 2.24) is 0 Å². The van der Waals surface area contributed by atoms with Crippen molar-refractivity contribution >= 4 is 11.4 Å². The van der Waals surface area contributed by atoms with Crippen molar-refractivity contribution in [2.75, 3.05) is 17.2 Å². The second-order valence-corrected chi connectivity index (χ2v) is 4.76. The monoisotopic (exact) mass is 218 g/mol. The van der Waals surface area contributed by atoms with E-state index in [9.17, 15) is 0 Å². The molecule has 1 aliphatic rings. The molecular weight excluding hydrogens is 196 g/mol. The number of hydrogen-bond acceptors (Lipinski definition) is 2. The fraction of sp³-hybridized carbons (Fsp3) is 0.571. The molecular formula is C14H22N2. The molecule has 1 atom stereocenters. The van der Waals surface area contributed by atoms with E-state index in [1.165, 1.54) is 36.9 Å². The molecule has 1 aromatic rings. The summed E-state index contributed by atoms with van der Waals surface area (Å²) in [5.74, 6) is 0. The fourth-order valence-electron chi connectivity index (χ4n) is 2.79. The van der Waals surface area contributed by atoms with Gasteiger partial charge in [0.15, 0.2) is 0 Å². The van der Waals surface area contributed by atoms with Crippen LogP contribution in [0.5, 0.6) is 0 Å². The summed E-state index contributed by atoms with van der Waals surface area (Å²) in [7, 11) is 0. The summed E-state index contributed by atoms with van der Waals surface area (Å²) < 4.78 is 0. The highest BCUT2D eigenvalue weighted by Gasteiger charge is 2.23. The molecule has 2 rings (SSSR count). The van der Waals surface area contributed by atoms with Gasteiger partial charge in [0.05, 0.1) is 11.4 Å². The predicted molar refractivity (Wildman–Crippen MR) is 70.9 cm³/mol. The summed E-state index contributed by atoms with van der Waals surface area (Å²) >= 11 is 0. The zero-order chi connectivity index (χ0) is 11.5. The van der Waals surface area contributed by atoms with E-state index in [2.05, 4.69) is 24.8 Å². The van der Waals surface area contributed by atoms with E-state index in [4.69, 9.17) is 5.73 Å². The maximum absolute atomic E-state index is 6.13. The van der Waals surface area contributed by atoms with Crippen molar-refractivity contribution in [2.45, 2.75) is 45.6 Å². The van der Waals surface area contributed by atoms with Gasteiger partial charge in [-0.05, 0) is 44.2 Å². The number of nitrogen functional groups attached to an aromatic ring is 1. The third-order valence-corrected chi connectivity index (χ3v) is 3.65. The normalized spacial score (nSPS) is 21.1. The number of hydrogen-bond donors (Lipinski definition) is 1. The average Bonchev–Trinajstić information content (AvgIpc) is 2.29. The number of nitrogens with zero attached hydrogens (tertiary/aromatic N) is 1. The second-order valence-electron chi connectivity index (χ2n) is 4.76. The van der Waals surface area contributed by atoms with Gasteiger partial charge in [0.25, 0.3) is 0 Å². The molecule has 0 radical (unpaired) electrons. The predicted octanol–water partition coefficient (Wildman–Crippen LogP) is 3.35. The summed E-state index contributed by atoms with van der Waals surface area (Å²) in [5.41, 5.74) is 9.64. The van der Waals surface area contributed by atoms with Crippen LogP contribution in [0, 0.1) is 6.92 Å². The Morgan fingerprint density at radius 3 is 2.88 bits per heavy atom. The molecule has 0 bridgehead atoms. The van der Waals surface area contributed by atoms with Crippen LogP contribution in [0.4, 0.5) is 11.4 Å². The van der Waals surface area contributed by atoms with Gasteiger partial charge < -0.3 is 10.6 Å². The quantitative estimate of drug-likeness (QED) is 0.771. The molecule has 0 aliphatic carbocycles. The minimum atomic E-state index is 0.678. The fourth-order valence-corrected chi connectivity index (χ4v) is 2.79. The maximum atomic E-state index is 6.13. The average molecular weight is 218 g/mol. The molecule has 1 saturated heterocycles. The first-order valence-electron chi connectivity index (χ1n) is 6.35. The first-order valence-corrected chi connectivity index (χ1v) is 6.35. The lowest BCUT2D eigenvalue weighted by atomic mass is 9.97. The van der Waals surface area contributed by atoms with Crippen LogP contribution >= 0.6 is 0 Å². The van der Waals surface area contributed by atoms with E-state index in [1.807, 2.05) is 12.1 Å². The van der Waals surface area contributed by atoms with Gasteiger partial charge in [-0.1, -0.05) is 19.1 Å². The van der Waals surface area contributed by atoms with Crippen LogP contribution in [-0.4, -0.2) is 12.6 Å². The number of anilines is 2.